The summed E-state index contributed by atoms with van der Waals surface area (Å²) in [4.78, 5) is 21.0. The van der Waals surface area contributed by atoms with E-state index in [4.69, 9.17) is 4.74 Å². The molecule has 1 heterocycles. The Bertz CT molecular complexity index is 796. The number of rotatable bonds is 8. The summed E-state index contributed by atoms with van der Waals surface area (Å²) in [5, 5.41) is 6.40. The van der Waals surface area contributed by atoms with Gasteiger partial charge in [0.05, 0.1) is 6.54 Å². The van der Waals surface area contributed by atoms with Crippen LogP contribution in [0.4, 0.5) is 5.69 Å². The van der Waals surface area contributed by atoms with E-state index in [0.29, 0.717) is 32.1 Å². The minimum atomic E-state index is 0. The molecular weight excluding hydrogens is 505 g/mol. The Balaban J connectivity index is 0.00000341. The number of benzene rings is 2. The topological polar surface area (TPSA) is 69.2 Å². The van der Waals surface area contributed by atoms with E-state index in [-0.39, 0.29) is 29.9 Å². The van der Waals surface area contributed by atoms with Gasteiger partial charge in [0.2, 0.25) is 5.91 Å². The second-order valence-electron chi connectivity index (χ2n) is 7.04. The summed E-state index contributed by atoms with van der Waals surface area (Å²) in [6.45, 7) is 4.98. The van der Waals surface area contributed by atoms with Crippen LogP contribution in [0.3, 0.4) is 0 Å². The van der Waals surface area contributed by atoms with E-state index in [1.165, 1.54) is 5.69 Å². The van der Waals surface area contributed by atoms with Gasteiger partial charge in [0.15, 0.2) is 5.96 Å². The van der Waals surface area contributed by atoms with Crippen LogP contribution in [0.25, 0.3) is 0 Å². The zero-order valence-corrected chi connectivity index (χ0v) is 20.3. The number of amides is 1. The van der Waals surface area contributed by atoms with Crippen molar-refractivity contribution >= 4 is 41.5 Å². The molecule has 1 amide bonds. The molecule has 1 aliphatic heterocycles. The fourth-order valence-corrected chi connectivity index (χ4v) is 3.37. The number of guanidine groups is 1. The van der Waals surface area contributed by atoms with Crippen molar-refractivity contribution in [2.45, 2.75) is 6.42 Å². The first-order valence-electron chi connectivity index (χ1n) is 10.5. The van der Waals surface area contributed by atoms with Gasteiger partial charge in [-0.05, 0) is 24.3 Å². The number of hydrogen-bond donors (Lipinski definition) is 2. The molecule has 7 nitrogen and oxygen atoms in total. The number of ether oxygens (including phenoxy) is 1. The molecular formula is C23H32IN5O2. The van der Waals surface area contributed by atoms with Crippen molar-refractivity contribution in [2.75, 3.05) is 57.8 Å². The van der Waals surface area contributed by atoms with E-state index < -0.39 is 0 Å². The third-order valence-electron chi connectivity index (χ3n) is 5.02. The summed E-state index contributed by atoms with van der Waals surface area (Å²) < 4.78 is 5.65. The van der Waals surface area contributed by atoms with Gasteiger partial charge in [-0.2, -0.15) is 0 Å². The van der Waals surface area contributed by atoms with Gasteiger partial charge < -0.3 is 25.2 Å². The number of nitrogens with one attached hydrogen (secondary N) is 2. The maximum atomic E-state index is 12.5. The Morgan fingerprint density at radius 1 is 0.935 bits per heavy atom. The Morgan fingerprint density at radius 3 is 2.19 bits per heavy atom. The van der Waals surface area contributed by atoms with Crippen LogP contribution in [0.2, 0.25) is 0 Å². The van der Waals surface area contributed by atoms with Crippen molar-refractivity contribution in [3.8, 4) is 5.75 Å². The largest absolute Gasteiger partial charge is 0.492 e. The SMILES string of the molecule is CN=C(NCCOc1ccccc1)NCCC(=O)N1CCN(c2ccccc2)CC1.I. The van der Waals surface area contributed by atoms with Gasteiger partial charge in [0, 0.05) is 51.9 Å². The quantitative estimate of drug-likeness (QED) is 0.235. The molecule has 1 aliphatic rings. The molecule has 0 aromatic heterocycles. The van der Waals surface area contributed by atoms with Gasteiger partial charge in [0.1, 0.15) is 12.4 Å². The third-order valence-corrected chi connectivity index (χ3v) is 5.02. The van der Waals surface area contributed by atoms with E-state index in [1.807, 2.05) is 53.4 Å². The first-order valence-corrected chi connectivity index (χ1v) is 10.5. The van der Waals surface area contributed by atoms with Crippen LogP contribution in [0.15, 0.2) is 65.7 Å². The summed E-state index contributed by atoms with van der Waals surface area (Å²) in [5.74, 6) is 1.70. The number of halogens is 1. The van der Waals surface area contributed by atoms with Crippen molar-refractivity contribution in [3.05, 3.63) is 60.7 Å². The lowest BCUT2D eigenvalue weighted by atomic mass is 10.2. The molecule has 1 saturated heterocycles. The number of hydrogen-bond acceptors (Lipinski definition) is 4. The average molecular weight is 537 g/mol. The van der Waals surface area contributed by atoms with E-state index in [9.17, 15) is 4.79 Å². The highest BCUT2D eigenvalue weighted by atomic mass is 127. The number of aliphatic imine (C=N–C) groups is 1. The van der Waals surface area contributed by atoms with Crippen LogP contribution < -0.4 is 20.3 Å². The summed E-state index contributed by atoms with van der Waals surface area (Å²) >= 11 is 0. The highest BCUT2D eigenvalue weighted by Gasteiger charge is 2.20. The Morgan fingerprint density at radius 2 is 1.55 bits per heavy atom. The highest BCUT2D eigenvalue weighted by Crippen LogP contribution is 2.15. The van der Waals surface area contributed by atoms with Crippen molar-refractivity contribution in [1.29, 1.82) is 0 Å². The van der Waals surface area contributed by atoms with Gasteiger partial charge >= 0.3 is 0 Å². The molecule has 0 aliphatic carbocycles. The maximum absolute atomic E-state index is 12.5. The molecule has 0 saturated carbocycles. The van der Waals surface area contributed by atoms with Crippen LogP contribution in [0.1, 0.15) is 6.42 Å². The van der Waals surface area contributed by atoms with Crippen molar-refractivity contribution in [1.82, 2.24) is 15.5 Å². The molecule has 2 N–H and O–H groups in total. The van der Waals surface area contributed by atoms with E-state index in [0.717, 1.165) is 31.9 Å². The van der Waals surface area contributed by atoms with Gasteiger partial charge in [-0.3, -0.25) is 9.79 Å². The Labute approximate surface area is 201 Å². The normalized spacial score (nSPS) is 13.9. The molecule has 2 aromatic carbocycles. The van der Waals surface area contributed by atoms with Crippen LogP contribution in [0.5, 0.6) is 5.75 Å². The number of anilines is 1. The monoisotopic (exact) mass is 537 g/mol. The first-order chi connectivity index (χ1) is 14.8. The van der Waals surface area contributed by atoms with Crippen LogP contribution in [-0.4, -0.2) is 69.7 Å². The highest BCUT2D eigenvalue weighted by molar-refractivity contribution is 14.0. The number of nitrogens with zero attached hydrogens (tertiary/aromatic N) is 3. The van der Waals surface area contributed by atoms with Gasteiger partial charge in [-0.1, -0.05) is 36.4 Å². The Kier molecular flexibility index (Phi) is 11.0. The molecule has 0 unspecified atom stereocenters. The molecule has 168 valence electrons. The zero-order valence-electron chi connectivity index (χ0n) is 18.0. The molecule has 0 spiro atoms. The number of carbonyl (C=O) groups excluding carboxylic acids is 1. The summed E-state index contributed by atoms with van der Waals surface area (Å²) in [5.41, 5.74) is 1.22. The summed E-state index contributed by atoms with van der Waals surface area (Å²) in [7, 11) is 1.72. The minimum absolute atomic E-state index is 0. The molecule has 8 heteroatoms. The lowest BCUT2D eigenvalue weighted by Gasteiger charge is -2.36. The second kappa shape index (κ2) is 13.7. The van der Waals surface area contributed by atoms with Crippen LogP contribution in [-0.2, 0) is 4.79 Å². The Hall–Kier alpha value is -2.49. The molecule has 0 radical (unpaired) electrons. The zero-order chi connectivity index (χ0) is 21.0. The fraction of sp³-hybridized carbons (Fsp3) is 0.391. The number of piperazine rings is 1. The van der Waals surface area contributed by atoms with E-state index >= 15 is 0 Å². The van der Waals surface area contributed by atoms with Gasteiger partial charge in [0.25, 0.3) is 0 Å². The lowest BCUT2D eigenvalue weighted by molar-refractivity contribution is -0.131. The van der Waals surface area contributed by atoms with Crippen LogP contribution >= 0.6 is 24.0 Å². The minimum Gasteiger partial charge on any atom is -0.492 e. The molecule has 2 aromatic rings. The average Bonchev–Trinajstić information content (AvgIpc) is 2.82. The van der Waals surface area contributed by atoms with Crippen molar-refractivity contribution in [2.24, 2.45) is 4.99 Å². The number of carbonyl (C=O) groups is 1. The van der Waals surface area contributed by atoms with E-state index in [1.54, 1.807) is 7.05 Å². The predicted molar refractivity (Wildman–Crippen MR) is 137 cm³/mol. The van der Waals surface area contributed by atoms with Crippen LogP contribution in [0, 0.1) is 0 Å². The van der Waals surface area contributed by atoms with Gasteiger partial charge in [-0.25, -0.2) is 0 Å². The summed E-state index contributed by atoms with van der Waals surface area (Å²) in [6, 6.07) is 20.1. The van der Waals surface area contributed by atoms with Crippen molar-refractivity contribution in [3.63, 3.8) is 0 Å². The smallest absolute Gasteiger partial charge is 0.224 e. The number of para-hydroxylation sites is 2. The van der Waals surface area contributed by atoms with Gasteiger partial charge in [-0.15, -0.1) is 24.0 Å². The molecule has 1 fully saturated rings. The molecule has 0 bridgehead atoms. The molecule has 0 atom stereocenters. The third kappa shape index (κ3) is 8.28. The summed E-state index contributed by atoms with van der Waals surface area (Å²) in [6.07, 6.45) is 0.451. The lowest BCUT2D eigenvalue weighted by Crippen LogP contribution is -2.49. The predicted octanol–water partition coefficient (Wildman–Crippen LogP) is 2.59. The second-order valence-corrected chi connectivity index (χ2v) is 7.04. The first kappa shape index (κ1) is 24.8. The maximum Gasteiger partial charge on any atom is 0.224 e. The fourth-order valence-electron chi connectivity index (χ4n) is 3.37. The van der Waals surface area contributed by atoms with E-state index in [2.05, 4.69) is 32.7 Å². The van der Waals surface area contributed by atoms with Crippen molar-refractivity contribution < 1.29 is 9.53 Å². The standard InChI is InChI=1S/C23H31N5O2.HI/c1-24-23(26-14-19-30-21-10-6-3-7-11-21)25-13-12-22(29)28-17-15-27(16-18-28)20-8-4-2-5-9-20;/h2-11H,12-19H2,1H3,(H2,24,25,26);1H. The molecule has 31 heavy (non-hydrogen) atoms. The molecule has 3 rings (SSSR count).